The maximum absolute atomic E-state index is 12.9. The Bertz CT molecular complexity index is 567. The summed E-state index contributed by atoms with van der Waals surface area (Å²) in [7, 11) is 0. The molecule has 2 fully saturated rings. The summed E-state index contributed by atoms with van der Waals surface area (Å²) in [6.45, 7) is 0.454. The van der Waals surface area contributed by atoms with Crippen molar-refractivity contribution >= 4 is 30.7 Å². The van der Waals surface area contributed by atoms with Crippen LogP contribution < -0.4 is 5.73 Å². The highest BCUT2D eigenvalue weighted by atomic mass is 35.5. The zero-order valence-electron chi connectivity index (χ0n) is 14.6. The van der Waals surface area contributed by atoms with Crippen LogP contribution in [0.2, 0.25) is 0 Å². The summed E-state index contributed by atoms with van der Waals surface area (Å²) in [5, 5.41) is 0. The van der Waals surface area contributed by atoms with Gasteiger partial charge in [0.05, 0.1) is 6.54 Å². The molecular weight excluding hydrogens is 387 g/mol. The number of rotatable bonds is 4. The van der Waals surface area contributed by atoms with Gasteiger partial charge < -0.3 is 10.6 Å². The highest BCUT2D eigenvalue weighted by Crippen LogP contribution is 2.25. The van der Waals surface area contributed by atoms with Crippen LogP contribution in [0.15, 0.2) is 12.4 Å². The van der Waals surface area contributed by atoms with Crippen LogP contribution in [0, 0.1) is 5.92 Å². The van der Waals surface area contributed by atoms with E-state index in [9.17, 15) is 13.6 Å². The molecule has 10 heteroatoms. The largest absolute Gasteiger partial charge is 0.340 e. The van der Waals surface area contributed by atoms with Crippen LogP contribution in [0.1, 0.15) is 38.1 Å². The minimum Gasteiger partial charge on any atom is -0.340 e. The van der Waals surface area contributed by atoms with Gasteiger partial charge in [0.25, 0.3) is 0 Å². The Morgan fingerprint density at radius 3 is 2.54 bits per heavy atom. The monoisotopic (exact) mass is 413 g/mol. The van der Waals surface area contributed by atoms with Crippen LogP contribution in [-0.2, 0) is 11.3 Å². The van der Waals surface area contributed by atoms with Crippen LogP contribution in [0.3, 0.4) is 0 Å². The van der Waals surface area contributed by atoms with Gasteiger partial charge in [0.1, 0.15) is 5.82 Å². The van der Waals surface area contributed by atoms with Crippen molar-refractivity contribution in [2.45, 2.75) is 44.8 Å². The first-order chi connectivity index (χ1) is 11.5. The number of amides is 1. The molecule has 1 aromatic heterocycles. The van der Waals surface area contributed by atoms with E-state index in [0.29, 0.717) is 38.5 Å². The fourth-order valence-electron chi connectivity index (χ4n) is 3.68. The molecule has 2 unspecified atom stereocenters. The molecule has 1 saturated heterocycles. The van der Waals surface area contributed by atoms with Crippen molar-refractivity contribution in [3.8, 4) is 0 Å². The minimum absolute atomic E-state index is 0. The molecule has 26 heavy (non-hydrogen) atoms. The number of nitrogens with zero attached hydrogens (tertiary/aromatic N) is 4. The second kappa shape index (κ2) is 10.4. The Morgan fingerprint density at radius 2 is 1.92 bits per heavy atom. The van der Waals surface area contributed by atoms with Crippen LogP contribution in [0.4, 0.5) is 8.78 Å². The third kappa shape index (κ3) is 5.52. The lowest BCUT2D eigenvalue weighted by atomic mass is 9.85. The third-order valence-electron chi connectivity index (χ3n) is 5.07. The second-order valence-corrected chi connectivity index (χ2v) is 6.75. The molecule has 0 spiro atoms. The Kier molecular flexibility index (Phi) is 9.23. The zero-order valence-corrected chi connectivity index (χ0v) is 16.2. The highest BCUT2D eigenvalue weighted by Gasteiger charge is 2.31. The number of aromatic nitrogens is 2. The van der Waals surface area contributed by atoms with Crippen LogP contribution in [0.5, 0.6) is 0 Å². The summed E-state index contributed by atoms with van der Waals surface area (Å²) in [4.78, 5) is 20.6. The SMILES string of the molecule is Cl.Cl.NC1CCCC(C(=O)N2CCN(Cc3nccn3C(F)F)CC2)C1. The van der Waals surface area contributed by atoms with Crippen molar-refractivity contribution in [3.05, 3.63) is 18.2 Å². The molecule has 0 bridgehead atoms. The molecule has 2 heterocycles. The van der Waals surface area contributed by atoms with E-state index in [1.807, 2.05) is 4.90 Å². The standard InChI is InChI=1S/C16H25F2N5O.2ClH/c17-16(18)23-5-4-20-14(23)11-21-6-8-22(9-7-21)15(24)12-2-1-3-13(19)10-12;;/h4-5,12-13,16H,1-3,6-11,19H2;2*1H. The van der Waals surface area contributed by atoms with Gasteiger partial charge in [-0.15, -0.1) is 24.8 Å². The van der Waals surface area contributed by atoms with E-state index in [1.54, 1.807) is 0 Å². The number of carbonyl (C=O) groups excluding carboxylic acids is 1. The predicted molar refractivity (Wildman–Crippen MR) is 99.8 cm³/mol. The Balaban J connectivity index is 0.00000169. The molecule has 2 N–H and O–H groups in total. The van der Waals surface area contributed by atoms with Crippen molar-refractivity contribution in [3.63, 3.8) is 0 Å². The van der Waals surface area contributed by atoms with Gasteiger partial charge in [-0.25, -0.2) is 4.98 Å². The number of imidazole rings is 1. The Labute approximate surface area is 164 Å². The number of alkyl halides is 2. The van der Waals surface area contributed by atoms with Crippen molar-refractivity contribution in [1.29, 1.82) is 0 Å². The molecule has 1 aliphatic carbocycles. The van der Waals surface area contributed by atoms with Crippen molar-refractivity contribution in [1.82, 2.24) is 19.4 Å². The number of halogens is 4. The van der Waals surface area contributed by atoms with Gasteiger partial charge in [-0.1, -0.05) is 6.42 Å². The summed E-state index contributed by atoms with van der Waals surface area (Å²) in [5.41, 5.74) is 5.98. The summed E-state index contributed by atoms with van der Waals surface area (Å²) in [6.07, 6.45) is 6.44. The van der Waals surface area contributed by atoms with E-state index in [1.165, 1.54) is 12.4 Å². The summed E-state index contributed by atoms with van der Waals surface area (Å²) in [5.74, 6) is 0.625. The van der Waals surface area contributed by atoms with Crippen LogP contribution in [-0.4, -0.2) is 57.5 Å². The summed E-state index contributed by atoms with van der Waals surface area (Å²) < 4.78 is 26.6. The van der Waals surface area contributed by atoms with Gasteiger partial charge in [-0.2, -0.15) is 8.78 Å². The van der Waals surface area contributed by atoms with E-state index in [4.69, 9.17) is 5.73 Å². The third-order valence-corrected chi connectivity index (χ3v) is 5.07. The Hall–Kier alpha value is -0.960. The fourth-order valence-corrected chi connectivity index (χ4v) is 3.68. The summed E-state index contributed by atoms with van der Waals surface area (Å²) in [6, 6.07) is 0.141. The van der Waals surface area contributed by atoms with Gasteiger partial charge in [0.2, 0.25) is 5.91 Å². The van der Waals surface area contributed by atoms with Gasteiger partial charge in [0, 0.05) is 50.5 Å². The number of piperazine rings is 1. The molecule has 1 aliphatic heterocycles. The molecule has 3 rings (SSSR count). The average Bonchev–Trinajstić information content (AvgIpc) is 3.03. The first kappa shape index (κ1) is 23.1. The van der Waals surface area contributed by atoms with Crippen LogP contribution >= 0.6 is 24.8 Å². The fraction of sp³-hybridized carbons (Fsp3) is 0.750. The number of hydrogen-bond acceptors (Lipinski definition) is 4. The van der Waals surface area contributed by atoms with Crippen molar-refractivity contribution in [2.75, 3.05) is 26.2 Å². The molecule has 0 aromatic carbocycles. The maximum atomic E-state index is 12.9. The van der Waals surface area contributed by atoms with Crippen molar-refractivity contribution in [2.24, 2.45) is 11.7 Å². The molecule has 1 amide bonds. The molecule has 6 nitrogen and oxygen atoms in total. The Morgan fingerprint density at radius 1 is 1.23 bits per heavy atom. The topological polar surface area (TPSA) is 67.4 Å². The van der Waals surface area contributed by atoms with Crippen LogP contribution in [0.25, 0.3) is 0 Å². The van der Waals surface area contributed by atoms with Gasteiger partial charge in [-0.3, -0.25) is 14.3 Å². The van der Waals surface area contributed by atoms with Gasteiger partial charge in [0.15, 0.2) is 0 Å². The second-order valence-electron chi connectivity index (χ2n) is 6.75. The number of carbonyl (C=O) groups is 1. The smallest absolute Gasteiger partial charge is 0.319 e. The molecule has 2 atom stereocenters. The lowest BCUT2D eigenvalue weighted by Gasteiger charge is -2.37. The zero-order chi connectivity index (χ0) is 17.1. The lowest BCUT2D eigenvalue weighted by Crippen LogP contribution is -2.51. The number of nitrogens with two attached hydrogens (primary N) is 1. The molecule has 1 saturated carbocycles. The number of hydrogen-bond donors (Lipinski definition) is 1. The van der Waals surface area contributed by atoms with Gasteiger partial charge >= 0.3 is 6.55 Å². The van der Waals surface area contributed by atoms with E-state index in [0.717, 1.165) is 30.3 Å². The normalized spacial score (nSPS) is 24.1. The highest BCUT2D eigenvalue weighted by molar-refractivity contribution is 5.85. The van der Waals surface area contributed by atoms with E-state index in [-0.39, 0.29) is 42.7 Å². The summed E-state index contributed by atoms with van der Waals surface area (Å²) >= 11 is 0. The quantitative estimate of drug-likeness (QED) is 0.821. The molecular formula is C16H27Cl2F2N5O. The first-order valence-corrected chi connectivity index (χ1v) is 8.61. The minimum atomic E-state index is -2.57. The average molecular weight is 414 g/mol. The maximum Gasteiger partial charge on any atom is 0.319 e. The van der Waals surface area contributed by atoms with Crippen molar-refractivity contribution < 1.29 is 13.6 Å². The van der Waals surface area contributed by atoms with E-state index < -0.39 is 6.55 Å². The molecule has 1 aromatic rings. The first-order valence-electron chi connectivity index (χ1n) is 8.61. The molecule has 150 valence electrons. The molecule has 2 aliphatic rings. The predicted octanol–water partition coefficient (Wildman–Crippen LogP) is 2.28. The molecule has 0 radical (unpaired) electrons. The van der Waals surface area contributed by atoms with E-state index in [2.05, 4.69) is 9.88 Å². The van der Waals surface area contributed by atoms with Gasteiger partial charge in [-0.05, 0) is 19.3 Å². The lowest BCUT2D eigenvalue weighted by molar-refractivity contribution is -0.138. The van der Waals surface area contributed by atoms with E-state index >= 15 is 0 Å².